The van der Waals surface area contributed by atoms with Gasteiger partial charge in [-0.2, -0.15) is 26.3 Å². The van der Waals surface area contributed by atoms with E-state index in [1.165, 1.54) is 0 Å². The summed E-state index contributed by atoms with van der Waals surface area (Å²) < 4.78 is 77.6. The summed E-state index contributed by atoms with van der Waals surface area (Å²) in [5, 5.41) is 2.29. The van der Waals surface area contributed by atoms with Gasteiger partial charge in [0.1, 0.15) is 6.04 Å². The van der Waals surface area contributed by atoms with E-state index in [-0.39, 0.29) is 12.5 Å². The Bertz CT molecular complexity index is 878. The number of nitrogens with one attached hydrogen (secondary N) is 1. The fourth-order valence-electron chi connectivity index (χ4n) is 2.99. The quantitative estimate of drug-likeness (QED) is 0.595. The number of nitrogens with two attached hydrogens (primary N) is 1. The number of hydrogen-bond acceptors (Lipinski definition) is 2. The molecule has 2 rings (SSSR count). The first-order valence-electron chi connectivity index (χ1n) is 9.27. The molecule has 3 N–H and O–H groups in total. The van der Waals surface area contributed by atoms with Crippen molar-refractivity contribution in [3.63, 3.8) is 0 Å². The number of amides is 2. The van der Waals surface area contributed by atoms with Gasteiger partial charge in [0, 0.05) is 0 Å². The lowest BCUT2D eigenvalue weighted by molar-refractivity contribution is -0.143. The van der Waals surface area contributed by atoms with Gasteiger partial charge in [-0.15, -0.1) is 0 Å². The third kappa shape index (κ3) is 7.62. The van der Waals surface area contributed by atoms with Crippen LogP contribution in [0.25, 0.3) is 0 Å². The Kier molecular flexibility index (Phi) is 7.70. The van der Waals surface area contributed by atoms with Crippen LogP contribution in [0.15, 0.2) is 48.5 Å². The minimum atomic E-state index is -5.01. The molecular formula is C21H20F6N2O2. The van der Waals surface area contributed by atoms with Crippen LogP contribution in [0.2, 0.25) is 0 Å². The van der Waals surface area contributed by atoms with E-state index in [4.69, 9.17) is 5.73 Å². The average molecular weight is 446 g/mol. The summed E-state index contributed by atoms with van der Waals surface area (Å²) >= 11 is 0. The van der Waals surface area contributed by atoms with Crippen molar-refractivity contribution in [1.29, 1.82) is 0 Å². The summed E-state index contributed by atoms with van der Waals surface area (Å²) in [7, 11) is 0. The number of carbonyl (C=O) groups excluding carboxylic acids is 2. The average Bonchev–Trinajstić information content (AvgIpc) is 2.66. The van der Waals surface area contributed by atoms with Gasteiger partial charge >= 0.3 is 12.4 Å². The van der Waals surface area contributed by atoms with E-state index in [2.05, 4.69) is 5.32 Å². The van der Waals surface area contributed by atoms with Crippen molar-refractivity contribution in [1.82, 2.24) is 5.32 Å². The van der Waals surface area contributed by atoms with Gasteiger partial charge < -0.3 is 11.1 Å². The van der Waals surface area contributed by atoms with E-state index >= 15 is 0 Å². The van der Waals surface area contributed by atoms with Crippen LogP contribution < -0.4 is 11.1 Å². The van der Waals surface area contributed by atoms with E-state index in [9.17, 15) is 35.9 Å². The monoisotopic (exact) mass is 446 g/mol. The molecule has 2 aromatic carbocycles. The molecule has 0 saturated carbocycles. The predicted molar refractivity (Wildman–Crippen MR) is 101 cm³/mol. The second-order valence-corrected chi connectivity index (χ2v) is 6.99. The van der Waals surface area contributed by atoms with Gasteiger partial charge in [0.25, 0.3) is 0 Å². The van der Waals surface area contributed by atoms with Crippen LogP contribution in [0.5, 0.6) is 0 Å². The molecule has 0 saturated heterocycles. The molecule has 0 fully saturated rings. The molecule has 2 amide bonds. The van der Waals surface area contributed by atoms with Gasteiger partial charge in [0.2, 0.25) is 11.8 Å². The molecule has 10 heteroatoms. The lowest BCUT2D eigenvalue weighted by Crippen LogP contribution is -2.45. The van der Waals surface area contributed by atoms with Gasteiger partial charge in [-0.05, 0) is 48.6 Å². The lowest BCUT2D eigenvalue weighted by Gasteiger charge is -2.17. The summed E-state index contributed by atoms with van der Waals surface area (Å²) in [5.74, 6) is -1.75. The van der Waals surface area contributed by atoms with Crippen LogP contribution in [-0.4, -0.2) is 17.9 Å². The minimum absolute atomic E-state index is 0.0167. The molecule has 168 valence electrons. The van der Waals surface area contributed by atoms with Crippen molar-refractivity contribution in [3.8, 4) is 0 Å². The maximum Gasteiger partial charge on any atom is 0.416 e. The molecule has 0 bridgehead atoms. The first kappa shape index (κ1) is 24.2. The van der Waals surface area contributed by atoms with Gasteiger partial charge in [-0.1, -0.05) is 30.3 Å². The largest absolute Gasteiger partial charge is 0.416 e. The van der Waals surface area contributed by atoms with Crippen molar-refractivity contribution in [2.24, 2.45) is 5.73 Å². The summed E-state index contributed by atoms with van der Waals surface area (Å²) in [6, 6.07) is 9.12. The Balaban J connectivity index is 2.07. The highest BCUT2D eigenvalue weighted by atomic mass is 19.4. The lowest BCUT2D eigenvalue weighted by atomic mass is 10.0. The molecule has 4 nitrogen and oxygen atoms in total. The maximum atomic E-state index is 12.9. The molecule has 0 radical (unpaired) electrons. The number of hydrogen-bond donors (Lipinski definition) is 2. The molecule has 0 aliphatic heterocycles. The Morgan fingerprint density at radius 3 is 1.90 bits per heavy atom. The van der Waals surface area contributed by atoms with E-state index in [1.54, 1.807) is 0 Å². The fraction of sp³-hybridized carbons (Fsp3) is 0.333. The maximum absolute atomic E-state index is 12.9. The van der Waals surface area contributed by atoms with E-state index in [0.29, 0.717) is 25.0 Å². The Morgan fingerprint density at radius 1 is 0.871 bits per heavy atom. The number of aryl methyl sites for hydroxylation is 1. The van der Waals surface area contributed by atoms with Crippen LogP contribution in [0.4, 0.5) is 26.3 Å². The highest BCUT2D eigenvalue weighted by molar-refractivity contribution is 5.87. The summed E-state index contributed by atoms with van der Waals surface area (Å²) in [4.78, 5) is 23.8. The zero-order valence-electron chi connectivity index (χ0n) is 16.2. The van der Waals surface area contributed by atoms with Gasteiger partial charge in [0.05, 0.1) is 17.5 Å². The molecule has 31 heavy (non-hydrogen) atoms. The number of halogens is 6. The second-order valence-electron chi connectivity index (χ2n) is 6.99. The van der Waals surface area contributed by atoms with Gasteiger partial charge in [-0.3, -0.25) is 9.59 Å². The Morgan fingerprint density at radius 2 is 1.42 bits per heavy atom. The van der Waals surface area contributed by atoms with Crippen molar-refractivity contribution in [3.05, 3.63) is 70.8 Å². The third-order valence-electron chi connectivity index (χ3n) is 4.49. The van der Waals surface area contributed by atoms with Crippen LogP contribution in [0, 0.1) is 0 Å². The molecular weight excluding hydrogens is 426 g/mol. The molecule has 0 heterocycles. The molecule has 0 unspecified atom stereocenters. The Hall–Kier alpha value is -3.04. The normalized spacial score (nSPS) is 13.0. The van der Waals surface area contributed by atoms with Crippen LogP contribution in [0.1, 0.15) is 35.1 Å². The van der Waals surface area contributed by atoms with Crippen LogP contribution in [-0.2, 0) is 34.8 Å². The highest BCUT2D eigenvalue weighted by Gasteiger charge is 2.37. The molecule has 1 atom stereocenters. The highest BCUT2D eigenvalue weighted by Crippen LogP contribution is 2.36. The SMILES string of the molecule is NC(=O)[C@H](CCCc1ccccc1)NC(=O)Cc1cc(C(F)(F)F)cc(C(F)(F)F)c1. The number of benzene rings is 2. The Labute approximate surface area is 174 Å². The molecule has 2 aromatic rings. The second kappa shape index (κ2) is 9.84. The van der Waals surface area contributed by atoms with Gasteiger partial charge in [0.15, 0.2) is 0 Å². The fourth-order valence-corrected chi connectivity index (χ4v) is 2.99. The predicted octanol–water partition coefficient (Wildman–Crippen LogP) is 4.26. The number of rotatable bonds is 8. The first-order valence-corrected chi connectivity index (χ1v) is 9.27. The minimum Gasteiger partial charge on any atom is -0.368 e. The number of primary amides is 1. The number of carbonyl (C=O) groups is 2. The molecule has 0 aliphatic carbocycles. The van der Waals surface area contributed by atoms with Crippen molar-refractivity contribution in [2.75, 3.05) is 0 Å². The smallest absolute Gasteiger partial charge is 0.368 e. The van der Waals surface area contributed by atoms with Crippen LogP contribution in [0.3, 0.4) is 0 Å². The third-order valence-corrected chi connectivity index (χ3v) is 4.49. The van der Waals surface area contributed by atoms with E-state index in [1.807, 2.05) is 30.3 Å². The van der Waals surface area contributed by atoms with Gasteiger partial charge in [-0.25, -0.2) is 0 Å². The standard InChI is InChI=1S/C21H20F6N2O2/c22-20(23,24)15-9-14(10-16(12-15)21(25,26)27)11-18(30)29-17(19(28)31)8-4-7-13-5-2-1-3-6-13/h1-3,5-6,9-10,12,17H,4,7-8,11H2,(H2,28,31)(H,29,30)/t17-/m0/s1. The zero-order valence-corrected chi connectivity index (χ0v) is 16.2. The summed E-state index contributed by atoms with van der Waals surface area (Å²) in [6.45, 7) is 0. The molecule has 0 spiro atoms. The van der Waals surface area contributed by atoms with Crippen molar-refractivity contribution < 1.29 is 35.9 Å². The van der Waals surface area contributed by atoms with Crippen molar-refractivity contribution >= 4 is 11.8 Å². The number of alkyl halides is 6. The zero-order chi connectivity index (χ0) is 23.2. The van der Waals surface area contributed by atoms with Crippen molar-refractivity contribution in [2.45, 2.75) is 44.1 Å². The van der Waals surface area contributed by atoms with E-state index < -0.39 is 53.3 Å². The molecule has 0 aliphatic rings. The molecule has 0 aromatic heterocycles. The van der Waals surface area contributed by atoms with E-state index in [0.717, 1.165) is 5.56 Å². The first-order chi connectivity index (χ1) is 14.4. The topological polar surface area (TPSA) is 72.2 Å². The summed E-state index contributed by atoms with van der Waals surface area (Å²) in [5.41, 5.74) is 2.76. The van der Waals surface area contributed by atoms with Crippen LogP contribution >= 0.6 is 0 Å². The summed E-state index contributed by atoms with van der Waals surface area (Å²) in [6.07, 6.45) is -9.54.